The summed E-state index contributed by atoms with van der Waals surface area (Å²) in [7, 11) is -3.77. The highest BCUT2D eigenvalue weighted by atomic mass is 32.2. The van der Waals surface area contributed by atoms with Gasteiger partial charge in [0.2, 0.25) is 16.0 Å². The topological polar surface area (TPSA) is 98.0 Å². The number of anilines is 1. The van der Waals surface area contributed by atoms with Gasteiger partial charge in [-0.25, -0.2) is 23.5 Å². The van der Waals surface area contributed by atoms with Crippen molar-refractivity contribution in [1.29, 1.82) is 0 Å². The minimum Gasteiger partial charge on any atom is -0.347 e. The third-order valence-corrected chi connectivity index (χ3v) is 5.12. The molecule has 7 heteroatoms. The average Bonchev–Trinajstić information content (AvgIpc) is 2.50. The van der Waals surface area contributed by atoms with Gasteiger partial charge in [0.05, 0.1) is 18.4 Å². The predicted octanol–water partition coefficient (Wildman–Crippen LogP) is 2.47. The molecule has 0 amide bonds. The number of benzene rings is 1. The van der Waals surface area contributed by atoms with Crippen molar-refractivity contribution >= 4 is 16.0 Å². The summed E-state index contributed by atoms with van der Waals surface area (Å²) >= 11 is 0. The molecule has 1 atom stereocenters. The highest BCUT2D eigenvalue weighted by molar-refractivity contribution is 7.89. The minimum atomic E-state index is -3.77. The highest BCUT2D eigenvalue weighted by Gasteiger charge is 2.23. The summed E-state index contributed by atoms with van der Waals surface area (Å²) < 4.78 is 22.5. The van der Waals surface area contributed by atoms with Gasteiger partial charge in [-0.15, -0.1) is 0 Å². The molecule has 3 N–H and O–H groups in total. The van der Waals surface area contributed by atoms with Crippen LogP contribution in [-0.4, -0.2) is 18.4 Å². The van der Waals surface area contributed by atoms with Gasteiger partial charge in [0.1, 0.15) is 4.90 Å². The highest BCUT2D eigenvalue weighted by Crippen LogP contribution is 2.35. The van der Waals surface area contributed by atoms with Gasteiger partial charge >= 0.3 is 0 Å². The molecule has 1 saturated carbocycles. The van der Waals surface area contributed by atoms with Crippen LogP contribution in [0.2, 0.25) is 0 Å². The Hall–Kier alpha value is -1.99. The van der Waals surface area contributed by atoms with Gasteiger partial charge in [-0.05, 0) is 17.9 Å². The van der Waals surface area contributed by atoms with Crippen molar-refractivity contribution in [3.8, 4) is 0 Å². The van der Waals surface area contributed by atoms with E-state index in [0.29, 0.717) is 5.95 Å². The Kier molecular flexibility index (Phi) is 4.58. The Labute approximate surface area is 136 Å². The number of hydrogen-bond acceptors (Lipinski definition) is 5. The van der Waals surface area contributed by atoms with Crippen LogP contribution in [0.15, 0.2) is 47.6 Å². The lowest BCUT2D eigenvalue weighted by molar-refractivity contribution is 0.282. The zero-order valence-corrected chi connectivity index (χ0v) is 13.5. The largest absolute Gasteiger partial charge is 0.347 e. The molecule has 122 valence electrons. The molecule has 1 aromatic carbocycles. The van der Waals surface area contributed by atoms with Crippen LogP contribution in [0.4, 0.5) is 5.95 Å². The van der Waals surface area contributed by atoms with Crippen LogP contribution in [0.5, 0.6) is 0 Å². The van der Waals surface area contributed by atoms with Crippen molar-refractivity contribution in [3.05, 3.63) is 48.3 Å². The Morgan fingerprint density at radius 1 is 1.17 bits per heavy atom. The Morgan fingerprint density at radius 3 is 2.35 bits per heavy atom. The van der Waals surface area contributed by atoms with E-state index in [-0.39, 0.29) is 10.9 Å². The standard InChI is InChI=1S/C16H20N4O2S/c17-23(21,22)14-10-18-16(19-11-14)20-15(9-12-5-4-6-12)13-7-2-1-3-8-13/h1-3,7-8,10-12,15H,4-6,9H2,(H2,17,21,22)(H,18,19,20). The lowest BCUT2D eigenvalue weighted by Gasteiger charge is -2.30. The average molecular weight is 332 g/mol. The fraction of sp³-hybridized carbons (Fsp3) is 0.375. The fourth-order valence-electron chi connectivity index (χ4n) is 2.72. The molecular formula is C16H20N4O2S. The van der Waals surface area contributed by atoms with Crippen molar-refractivity contribution in [2.45, 2.75) is 36.6 Å². The number of hydrogen-bond donors (Lipinski definition) is 2. The SMILES string of the molecule is NS(=O)(=O)c1cnc(NC(CC2CCC2)c2ccccc2)nc1. The van der Waals surface area contributed by atoms with Gasteiger partial charge in [-0.3, -0.25) is 0 Å². The van der Waals surface area contributed by atoms with E-state index in [0.717, 1.165) is 12.3 Å². The van der Waals surface area contributed by atoms with Gasteiger partial charge in [0.15, 0.2) is 0 Å². The molecule has 0 aliphatic heterocycles. The Morgan fingerprint density at radius 2 is 1.83 bits per heavy atom. The molecule has 0 spiro atoms. The molecule has 1 unspecified atom stereocenters. The van der Waals surface area contributed by atoms with Crippen LogP contribution in [0.1, 0.15) is 37.3 Å². The molecule has 1 fully saturated rings. The monoisotopic (exact) mass is 332 g/mol. The number of sulfonamides is 1. The van der Waals surface area contributed by atoms with Crippen molar-refractivity contribution < 1.29 is 8.42 Å². The second-order valence-corrected chi connectivity index (χ2v) is 7.49. The van der Waals surface area contributed by atoms with Crippen LogP contribution in [-0.2, 0) is 10.0 Å². The number of aromatic nitrogens is 2. The van der Waals surface area contributed by atoms with Crippen molar-refractivity contribution in [1.82, 2.24) is 9.97 Å². The van der Waals surface area contributed by atoms with E-state index in [1.54, 1.807) is 0 Å². The van der Waals surface area contributed by atoms with E-state index >= 15 is 0 Å². The maximum absolute atomic E-state index is 11.3. The Bertz CT molecular complexity index is 743. The van der Waals surface area contributed by atoms with Crippen LogP contribution in [0, 0.1) is 5.92 Å². The lowest BCUT2D eigenvalue weighted by Crippen LogP contribution is -2.21. The quantitative estimate of drug-likeness (QED) is 0.847. The van der Waals surface area contributed by atoms with Crippen molar-refractivity contribution in [3.63, 3.8) is 0 Å². The third kappa shape index (κ3) is 4.05. The van der Waals surface area contributed by atoms with Crippen molar-refractivity contribution in [2.24, 2.45) is 11.1 Å². The molecular weight excluding hydrogens is 312 g/mol. The molecule has 1 aromatic heterocycles. The normalized spacial score (nSPS) is 16.6. The molecule has 0 saturated heterocycles. The molecule has 0 bridgehead atoms. The molecule has 6 nitrogen and oxygen atoms in total. The number of rotatable bonds is 6. The molecule has 23 heavy (non-hydrogen) atoms. The van der Waals surface area contributed by atoms with Gasteiger partial charge in [0, 0.05) is 0 Å². The smallest absolute Gasteiger partial charge is 0.241 e. The maximum atomic E-state index is 11.3. The summed E-state index contributed by atoms with van der Waals surface area (Å²) in [4.78, 5) is 8.08. The van der Waals surface area contributed by atoms with E-state index in [2.05, 4.69) is 27.4 Å². The first-order valence-electron chi connectivity index (χ1n) is 7.69. The molecule has 2 aromatic rings. The third-order valence-electron chi connectivity index (χ3n) is 4.26. The van der Waals surface area contributed by atoms with Crippen LogP contribution in [0.3, 0.4) is 0 Å². The first-order chi connectivity index (χ1) is 11.0. The first kappa shape index (κ1) is 15.9. The zero-order valence-electron chi connectivity index (χ0n) is 12.7. The summed E-state index contributed by atoms with van der Waals surface area (Å²) in [5, 5.41) is 8.38. The van der Waals surface area contributed by atoms with E-state index in [9.17, 15) is 8.42 Å². The van der Waals surface area contributed by atoms with E-state index in [1.165, 1.54) is 37.2 Å². The number of primary sulfonamides is 1. The van der Waals surface area contributed by atoms with Crippen LogP contribution >= 0.6 is 0 Å². The van der Waals surface area contributed by atoms with Crippen molar-refractivity contribution in [2.75, 3.05) is 5.32 Å². The Balaban J connectivity index is 1.77. The summed E-state index contributed by atoms with van der Waals surface area (Å²) in [5.74, 6) is 1.13. The minimum absolute atomic E-state index is 0.0849. The van der Waals surface area contributed by atoms with Gasteiger partial charge in [-0.2, -0.15) is 0 Å². The molecule has 1 aliphatic carbocycles. The van der Waals surface area contributed by atoms with Gasteiger partial charge in [-0.1, -0.05) is 49.6 Å². The number of nitrogens with two attached hydrogens (primary N) is 1. The molecule has 0 radical (unpaired) electrons. The number of nitrogens with one attached hydrogen (secondary N) is 1. The molecule has 1 heterocycles. The van der Waals surface area contributed by atoms with E-state index < -0.39 is 10.0 Å². The summed E-state index contributed by atoms with van der Waals surface area (Å²) in [6.07, 6.45) is 7.30. The van der Waals surface area contributed by atoms with Gasteiger partial charge < -0.3 is 5.32 Å². The summed E-state index contributed by atoms with van der Waals surface area (Å²) in [5.41, 5.74) is 1.18. The number of nitrogens with zero attached hydrogens (tertiary/aromatic N) is 2. The summed E-state index contributed by atoms with van der Waals surface area (Å²) in [6, 6.07) is 10.3. The van der Waals surface area contributed by atoms with Crippen LogP contribution < -0.4 is 10.5 Å². The second kappa shape index (κ2) is 6.64. The van der Waals surface area contributed by atoms with Crippen LogP contribution in [0.25, 0.3) is 0 Å². The van der Waals surface area contributed by atoms with Gasteiger partial charge in [0.25, 0.3) is 0 Å². The summed E-state index contributed by atoms with van der Waals surface area (Å²) in [6.45, 7) is 0. The second-order valence-electron chi connectivity index (χ2n) is 5.93. The van der Waals surface area contributed by atoms with E-state index in [1.807, 2.05) is 18.2 Å². The molecule has 3 rings (SSSR count). The lowest BCUT2D eigenvalue weighted by atomic mass is 9.79. The predicted molar refractivity (Wildman–Crippen MR) is 88.2 cm³/mol. The first-order valence-corrected chi connectivity index (χ1v) is 9.23. The maximum Gasteiger partial charge on any atom is 0.241 e. The molecule has 1 aliphatic rings. The zero-order chi connectivity index (χ0) is 16.3. The fourth-order valence-corrected chi connectivity index (χ4v) is 3.12. The van der Waals surface area contributed by atoms with E-state index in [4.69, 9.17) is 5.14 Å².